The van der Waals surface area contributed by atoms with Crippen molar-refractivity contribution >= 4 is 0 Å². The summed E-state index contributed by atoms with van der Waals surface area (Å²) >= 11 is 0. The van der Waals surface area contributed by atoms with Crippen LogP contribution in [0.3, 0.4) is 0 Å². The molecule has 0 spiro atoms. The molecule has 0 nitrogen and oxygen atoms in total. The zero-order chi connectivity index (χ0) is 10.1. The van der Waals surface area contributed by atoms with Crippen LogP contribution in [0.1, 0.15) is 43.2 Å². The van der Waals surface area contributed by atoms with E-state index in [2.05, 4.69) is 6.92 Å². The van der Waals surface area contributed by atoms with E-state index in [1.807, 2.05) is 0 Å². The van der Waals surface area contributed by atoms with Gasteiger partial charge in [-0.1, -0.05) is 13.3 Å². The molecule has 2 rings (SSSR count). The quantitative estimate of drug-likeness (QED) is 0.675. The van der Waals surface area contributed by atoms with Crippen LogP contribution in [0, 0.1) is 11.6 Å². The number of fused-ring (bicyclic) bond motifs is 1. The van der Waals surface area contributed by atoms with E-state index in [1.165, 1.54) is 6.07 Å². The summed E-state index contributed by atoms with van der Waals surface area (Å²) in [5, 5.41) is 0. The zero-order valence-electron chi connectivity index (χ0n) is 8.32. The van der Waals surface area contributed by atoms with Crippen molar-refractivity contribution in [1.29, 1.82) is 0 Å². The number of benzene rings is 1. The molecule has 0 amide bonds. The van der Waals surface area contributed by atoms with Crippen molar-refractivity contribution in [2.45, 2.75) is 38.5 Å². The molecule has 76 valence electrons. The molecule has 1 aliphatic carbocycles. The van der Waals surface area contributed by atoms with E-state index >= 15 is 0 Å². The van der Waals surface area contributed by atoms with Gasteiger partial charge in [0.15, 0.2) is 0 Å². The third-order valence-corrected chi connectivity index (χ3v) is 2.99. The van der Waals surface area contributed by atoms with Crippen LogP contribution in [-0.2, 0) is 6.42 Å². The van der Waals surface area contributed by atoms with Gasteiger partial charge in [-0.3, -0.25) is 0 Å². The highest BCUT2D eigenvalue weighted by molar-refractivity contribution is 5.36. The topological polar surface area (TPSA) is 0 Å². The first-order chi connectivity index (χ1) is 6.72. The van der Waals surface area contributed by atoms with Crippen LogP contribution in [0.15, 0.2) is 12.1 Å². The Hall–Kier alpha value is -0.920. The third kappa shape index (κ3) is 1.54. The van der Waals surface area contributed by atoms with Crippen molar-refractivity contribution in [3.05, 3.63) is 34.9 Å². The Morgan fingerprint density at radius 3 is 2.86 bits per heavy atom. The van der Waals surface area contributed by atoms with E-state index in [9.17, 15) is 8.78 Å². The van der Waals surface area contributed by atoms with E-state index < -0.39 is 5.82 Å². The van der Waals surface area contributed by atoms with E-state index in [0.717, 1.165) is 42.9 Å². The maximum atomic E-state index is 13.5. The predicted molar refractivity (Wildman–Crippen MR) is 52.3 cm³/mol. The summed E-state index contributed by atoms with van der Waals surface area (Å²) in [6, 6.07) is 2.49. The Balaban J connectivity index is 2.39. The lowest BCUT2D eigenvalue weighted by Gasteiger charge is -2.10. The monoisotopic (exact) mass is 196 g/mol. The van der Waals surface area contributed by atoms with Gasteiger partial charge < -0.3 is 0 Å². The van der Waals surface area contributed by atoms with Crippen molar-refractivity contribution in [3.63, 3.8) is 0 Å². The molecule has 1 unspecified atom stereocenters. The molecule has 14 heavy (non-hydrogen) atoms. The van der Waals surface area contributed by atoms with Gasteiger partial charge in [-0.2, -0.15) is 0 Å². The first-order valence-electron chi connectivity index (χ1n) is 5.20. The minimum atomic E-state index is -0.446. The molecule has 0 heterocycles. The van der Waals surface area contributed by atoms with Crippen molar-refractivity contribution in [3.8, 4) is 0 Å². The Kier molecular flexibility index (Phi) is 2.53. The Morgan fingerprint density at radius 2 is 2.14 bits per heavy atom. The fourth-order valence-electron chi connectivity index (χ4n) is 2.41. The first kappa shape index (κ1) is 9.63. The first-order valence-corrected chi connectivity index (χ1v) is 5.20. The molecular weight excluding hydrogens is 182 g/mol. The number of rotatable bonds is 2. The molecule has 0 saturated carbocycles. The van der Waals surface area contributed by atoms with Gasteiger partial charge in [-0.15, -0.1) is 0 Å². The van der Waals surface area contributed by atoms with Crippen LogP contribution in [0.2, 0.25) is 0 Å². The van der Waals surface area contributed by atoms with Crippen molar-refractivity contribution < 1.29 is 8.78 Å². The number of aryl methyl sites for hydroxylation is 1. The normalized spacial score (nSPS) is 19.8. The maximum absolute atomic E-state index is 13.5. The fraction of sp³-hybridized carbons (Fsp3) is 0.500. The van der Waals surface area contributed by atoms with Crippen LogP contribution < -0.4 is 0 Å². The SMILES string of the molecule is CCCC1CCc2cc(F)cc(F)c21. The summed E-state index contributed by atoms with van der Waals surface area (Å²) < 4.78 is 26.4. The highest BCUT2D eigenvalue weighted by atomic mass is 19.1. The fourth-order valence-corrected chi connectivity index (χ4v) is 2.41. The number of hydrogen-bond acceptors (Lipinski definition) is 0. The van der Waals surface area contributed by atoms with Gasteiger partial charge in [-0.25, -0.2) is 8.78 Å². The van der Waals surface area contributed by atoms with Crippen molar-refractivity contribution in [2.24, 2.45) is 0 Å². The predicted octanol–water partition coefficient (Wildman–Crippen LogP) is 3.79. The van der Waals surface area contributed by atoms with E-state index in [0.29, 0.717) is 5.92 Å². The van der Waals surface area contributed by atoms with Gasteiger partial charge in [0.2, 0.25) is 0 Å². The minimum Gasteiger partial charge on any atom is -0.207 e. The minimum absolute atomic E-state index is 0.315. The van der Waals surface area contributed by atoms with Gasteiger partial charge in [0.25, 0.3) is 0 Å². The maximum Gasteiger partial charge on any atom is 0.129 e. The second-order valence-corrected chi connectivity index (χ2v) is 3.98. The molecule has 1 aliphatic rings. The molecule has 0 N–H and O–H groups in total. The summed E-state index contributed by atoms with van der Waals surface area (Å²) in [5.41, 5.74) is 1.65. The lowest BCUT2D eigenvalue weighted by atomic mass is 9.96. The average Bonchev–Trinajstić information content (AvgIpc) is 2.49. The van der Waals surface area contributed by atoms with Crippen LogP contribution in [0.4, 0.5) is 8.78 Å². The number of hydrogen-bond donors (Lipinski definition) is 0. The molecule has 0 radical (unpaired) electrons. The van der Waals surface area contributed by atoms with Crippen molar-refractivity contribution in [1.82, 2.24) is 0 Å². The zero-order valence-corrected chi connectivity index (χ0v) is 8.32. The Bertz CT molecular complexity index is 344. The average molecular weight is 196 g/mol. The van der Waals surface area contributed by atoms with Crippen LogP contribution in [0.5, 0.6) is 0 Å². The second kappa shape index (κ2) is 3.68. The molecule has 0 fully saturated rings. The second-order valence-electron chi connectivity index (χ2n) is 3.98. The standard InChI is InChI=1S/C12H14F2/c1-2-3-8-4-5-9-6-10(13)7-11(14)12(8)9/h6-8H,2-5H2,1H3. The van der Waals surface area contributed by atoms with E-state index in [4.69, 9.17) is 0 Å². The molecule has 0 aromatic heterocycles. The molecule has 1 atom stereocenters. The highest BCUT2D eigenvalue weighted by Crippen LogP contribution is 2.38. The van der Waals surface area contributed by atoms with E-state index in [1.54, 1.807) is 0 Å². The summed E-state index contributed by atoms with van der Waals surface area (Å²) in [5.74, 6) is -0.482. The molecule has 0 aliphatic heterocycles. The molecule has 0 saturated heterocycles. The number of halogens is 2. The molecule has 1 aromatic rings. The van der Waals surface area contributed by atoms with Gasteiger partial charge in [0.1, 0.15) is 11.6 Å². The lowest BCUT2D eigenvalue weighted by Crippen LogP contribution is -1.97. The Labute approximate surface area is 82.9 Å². The molecular formula is C12H14F2. The van der Waals surface area contributed by atoms with Crippen LogP contribution >= 0.6 is 0 Å². The van der Waals surface area contributed by atoms with Gasteiger partial charge in [0, 0.05) is 6.07 Å². The summed E-state index contributed by atoms with van der Waals surface area (Å²) in [6.07, 6.45) is 3.87. The third-order valence-electron chi connectivity index (χ3n) is 2.99. The van der Waals surface area contributed by atoms with Gasteiger partial charge >= 0.3 is 0 Å². The summed E-state index contributed by atoms with van der Waals surface area (Å²) in [4.78, 5) is 0. The summed E-state index contributed by atoms with van der Waals surface area (Å²) in [6.45, 7) is 2.10. The van der Waals surface area contributed by atoms with Crippen LogP contribution in [0.25, 0.3) is 0 Å². The lowest BCUT2D eigenvalue weighted by molar-refractivity contribution is 0.543. The largest absolute Gasteiger partial charge is 0.207 e. The van der Waals surface area contributed by atoms with Crippen molar-refractivity contribution in [2.75, 3.05) is 0 Å². The smallest absolute Gasteiger partial charge is 0.129 e. The molecule has 1 aromatic carbocycles. The molecule has 0 bridgehead atoms. The molecule has 2 heteroatoms. The van der Waals surface area contributed by atoms with E-state index in [-0.39, 0.29) is 5.82 Å². The highest BCUT2D eigenvalue weighted by Gasteiger charge is 2.25. The van der Waals surface area contributed by atoms with Gasteiger partial charge in [-0.05, 0) is 42.4 Å². The van der Waals surface area contributed by atoms with Gasteiger partial charge in [0.05, 0.1) is 0 Å². The van der Waals surface area contributed by atoms with Crippen LogP contribution in [-0.4, -0.2) is 0 Å². The summed E-state index contributed by atoms with van der Waals surface area (Å²) in [7, 11) is 0. The Morgan fingerprint density at radius 1 is 1.36 bits per heavy atom.